The van der Waals surface area contributed by atoms with Crippen LogP contribution in [-0.2, 0) is 0 Å². The highest BCUT2D eigenvalue weighted by Crippen LogP contribution is 2.45. The first kappa shape index (κ1) is 29.7. The highest BCUT2D eigenvalue weighted by molar-refractivity contribution is 6.23. The van der Waals surface area contributed by atoms with E-state index in [1.54, 1.807) is 0 Å². The fraction of sp³-hybridized carbons (Fsp3) is 0.0417. The van der Waals surface area contributed by atoms with Gasteiger partial charge in [0, 0.05) is 16.3 Å². The van der Waals surface area contributed by atoms with Crippen LogP contribution in [-0.4, -0.2) is 9.97 Å². The molecule has 0 bridgehead atoms. The quantitative estimate of drug-likeness (QED) is 0.106. The zero-order valence-corrected chi connectivity index (χ0v) is 28.1. The first-order chi connectivity index (χ1) is 24.7. The van der Waals surface area contributed by atoms with E-state index in [2.05, 4.69) is 153 Å². The minimum atomic E-state index is 0.944. The molecule has 2 heterocycles. The third-order valence-corrected chi connectivity index (χ3v) is 9.89. The van der Waals surface area contributed by atoms with Crippen molar-refractivity contribution in [1.29, 1.82) is 0 Å². The molecule has 2 aromatic heterocycles. The number of aryl methyl sites for hydroxylation is 1. The average molecular weight is 639 g/mol. The summed E-state index contributed by atoms with van der Waals surface area (Å²) in [5.74, 6) is 0. The number of allylic oxidation sites excluding steroid dienone is 3. The van der Waals surface area contributed by atoms with Gasteiger partial charge < -0.3 is 0 Å². The molecular weight excluding hydrogens is 605 g/mol. The van der Waals surface area contributed by atoms with Gasteiger partial charge in [-0.15, -0.1) is 0 Å². The van der Waals surface area contributed by atoms with Gasteiger partial charge >= 0.3 is 0 Å². The van der Waals surface area contributed by atoms with E-state index < -0.39 is 0 Å². The molecule has 0 unspecified atom stereocenters. The molecule has 0 aliphatic carbocycles. The van der Waals surface area contributed by atoms with Crippen LogP contribution in [0.25, 0.3) is 93.7 Å². The Balaban J connectivity index is 1.25. The van der Waals surface area contributed by atoms with Crippen LogP contribution in [0, 0.1) is 6.92 Å². The third-order valence-electron chi connectivity index (χ3n) is 9.89. The van der Waals surface area contributed by atoms with E-state index in [0.717, 1.165) is 44.3 Å². The number of nitrogens with zero attached hydrogens (tertiary/aromatic N) is 2. The van der Waals surface area contributed by atoms with Crippen molar-refractivity contribution >= 4 is 60.2 Å². The number of rotatable bonds is 5. The highest BCUT2D eigenvalue weighted by atomic mass is 14.8. The molecule has 0 aliphatic rings. The van der Waals surface area contributed by atoms with Crippen LogP contribution < -0.4 is 0 Å². The molecule has 0 spiro atoms. The summed E-state index contributed by atoms with van der Waals surface area (Å²) in [4.78, 5) is 10.4. The zero-order valence-electron chi connectivity index (χ0n) is 28.1. The second kappa shape index (κ2) is 12.3. The van der Waals surface area contributed by atoms with Gasteiger partial charge in [0.05, 0.1) is 22.4 Å². The van der Waals surface area contributed by atoms with Gasteiger partial charge in [0.2, 0.25) is 0 Å². The SMILES string of the molecule is C/C=C\C=C/c1nc2c(cc1C)c(-c1ccc(-c3c4ccccc4c(-c4cccc5ccccc45)c4ccccc34)cc1)nc1ccccc12. The Morgan fingerprint density at radius 2 is 1.06 bits per heavy atom. The predicted molar refractivity (Wildman–Crippen MR) is 214 cm³/mol. The molecule has 0 radical (unpaired) electrons. The van der Waals surface area contributed by atoms with Crippen molar-refractivity contribution in [3.8, 4) is 33.5 Å². The van der Waals surface area contributed by atoms with Crippen molar-refractivity contribution in [2.75, 3.05) is 0 Å². The number of fused-ring (bicyclic) bond motifs is 6. The first-order valence-electron chi connectivity index (χ1n) is 17.2. The molecule has 50 heavy (non-hydrogen) atoms. The summed E-state index contributed by atoms with van der Waals surface area (Å²) in [5.41, 5.74) is 11.0. The fourth-order valence-corrected chi connectivity index (χ4v) is 7.58. The normalized spacial score (nSPS) is 12.0. The smallest absolute Gasteiger partial charge is 0.0825 e. The number of hydrogen-bond donors (Lipinski definition) is 0. The van der Waals surface area contributed by atoms with Gasteiger partial charge in [-0.1, -0.05) is 152 Å². The van der Waals surface area contributed by atoms with E-state index in [-0.39, 0.29) is 0 Å². The lowest BCUT2D eigenvalue weighted by Crippen LogP contribution is -1.95. The standard InChI is InChI=1S/C48H34N2/c1-3-4-5-24-43-31(2)30-42-47(50-44-25-13-12-22-41(44)48(42)49-43)34-28-26-33(27-29-34)45-37-18-8-10-20-39(37)46(40-21-11-9-19-38(40)45)36-23-14-16-32-15-6-7-17-35(32)36/h3-30H,1-2H3/b4-3-,24-5-. The molecule has 0 amide bonds. The van der Waals surface area contributed by atoms with Crippen LogP contribution in [0.2, 0.25) is 0 Å². The Morgan fingerprint density at radius 3 is 1.76 bits per heavy atom. The highest BCUT2D eigenvalue weighted by Gasteiger charge is 2.19. The van der Waals surface area contributed by atoms with E-state index in [4.69, 9.17) is 9.97 Å². The summed E-state index contributed by atoms with van der Waals surface area (Å²) in [6.07, 6.45) is 8.19. The molecule has 0 N–H and O–H groups in total. The van der Waals surface area contributed by atoms with E-state index in [1.165, 1.54) is 54.6 Å². The first-order valence-corrected chi connectivity index (χ1v) is 17.2. The number of hydrogen-bond acceptors (Lipinski definition) is 2. The molecule has 236 valence electrons. The Hall–Kier alpha value is -6.38. The lowest BCUT2D eigenvalue weighted by molar-refractivity contribution is 1.29. The second-order valence-electron chi connectivity index (χ2n) is 12.9. The molecule has 9 rings (SSSR count). The van der Waals surface area contributed by atoms with Crippen LogP contribution in [0.4, 0.5) is 0 Å². The molecule has 2 heteroatoms. The Morgan fingerprint density at radius 1 is 0.480 bits per heavy atom. The maximum atomic E-state index is 5.22. The third kappa shape index (κ3) is 4.88. The predicted octanol–water partition coefficient (Wildman–Crippen LogP) is 13.1. The Bertz CT molecular complexity index is 2760. The summed E-state index contributed by atoms with van der Waals surface area (Å²) in [6, 6.07) is 52.6. The molecule has 0 saturated carbocycles. The minimum Gasteiger partial charge on any atom is -0.247 e. The summed E-state index contributed by atoms with van der Waals surface area (Å²) < 4.78 is 0. The lowest BCUT2D eigenvalue weighted by Gasteiger charge is -2.19. The Labute approximate surface area is 291 Å². The summed E-state index contributed by atoms with van der Waals surface area (Å²) in [5, 5.41) is 9.64. The summed E-state index contributed by atoms with van der Waals surface area (Å²) >= 11 is 0. The van der Waals surface area contributed by atoms with E-state index >= 15 is 0 Å². The van der Waals surface area contributed by atoms with Crippen molar-refractivity contribution in [2.45, 2.75) is 13.8 Å². The van der Waals surface area contributed by atoms with Gasteiger partial charge in [-0.2, -0.15) is 0 Å². The number of pyridine rings is 2. The molecule has 0 aliphatic heterocycles. The minimum absolute atomic E-state index is 0.944. The molecule has 9 aromatic rings. The fourth-order valence-electron chi connectivity index (χ4n) is 7.58. The van der Waals surface area contributed by atoms with Crippen molar-refractivity contribution in [3.05, 3.63) is 175 Å². The topological polar surface area (TPSA) is 25.8 Å². The van der Waals surface area contributed by atoms with Crippen LogP contribution in [0.1, 0.15) is 18.2 Å². The van der Waals surface area contributed by atoms with Gasteiger partial charge in [-0.05, 0) is 92.2 Å². The molecule has 2 nitrogen and oxygen atoms in total. The van der Waals surface area contributed by atoms with Gasteiger partial charge in [-0.3, -0.25) is 0 Å². The maximum absolute atomic E-state index is 5.22. The molecule has 0 fully saturated rings. The number of aromatic nitrogens is 2. The number of benzene rings is 7. The van der Waals surface area contributed by atoms with E-state index in [9.17, 15) is 0 Å². The van der Waals surface area contributed by atoms with E-state index in [0.29, 0.717) is 0 Å². The lowest BCUT2D eigenvalue weighted by atomic mass is 9.84. The van der Waals surface area contributed by atoms with E-state index in [1.807, 2.05) is 31.2 Å². The summed E-state index contributed by atoms with van der Waals surface area (Å²) in [7, 11) is 0. The monoisotopic (exact) mass is 638 g/mol. The molecule has 0 saturated heterocycles. The van der Waals surface area contributed by atoms with Gasteiger partial charge in [-0.25, -0.2) is 9.97 Å². The van der Waals surface area contributed by atoms with Crippen molar-refractivity contribution in [1.82, 2.24) is 9.97 Å². The zero-order chi connectivity index (χ0) is 33.6. The van der Waals surface area contributed by atoms with Crippen molar-refractivity contribution in [3.63, 3.8) is 0 Å². The van der Waals surface area contributed by atoms with Crippen molar-refractivity contribution in [2.24, 2.45) is 0 Å². The average Bonchev–Trinajstić information content (AvgIpc) is 3.17. The van der Waals surface area contributed by atoms with Crippen LogP contribution in [0.15, 0.2) is 164 Å². The van der Waals surface area contributed by atoms with Gasteiger partial charge in [0.15, 0.2) is 0 Å². The number of para-hydroxylation sites is 1. The van der Waals surface area contributed by atoms with Crippen molar-refractivity contribution < 1.29 is 0 Å². The van der Waals surface area contributed by atoms with Gasteiger partial charge in [0.25, 0.3) is 0 Å². The molecule has 0 atom stereocenters. The van der Waals surface area contributed by atoms with Gasteiger partial charge in [0.1, 0.15) is 0 Å². The van der Waals surface area contributed by atoms with Crippen LogP contribution in [0.5, 0.6) is 0 Å². The summed E-state index contributed by atoms with van der Waals surface area (Å²) in [6.45, 7) is 4.15. The van der Waals surface area contributed by atoms with Crippen LogP contribution >= 0.6 is 0 Å². The largest absolute Gasteiger partial charge is 0.247 e. The Kier molecular flexibility index (Phi) is 7.29. The second-order valence-corrected chi connectivity index (χ2v) is 12.9. The molecule has 7 aromatic carbocycles. The van der Waals surface area contributed by atoms with Crippen LogP contribution in [0.3, 0.4) is 0 Å². The molecular formula is C48H34N2. The maximum Gasteiger partial charge on any atom is 0.0825 e.